The highest BCUT2D eigenvalue weighted by Gasteiger charge is 2.24. The quantitative estimate of drug-likeness (QED) is 0.781. The van der Waals surface area contributed by atoms with Gasteiger partial charge in [0.15, 0.2) is 0 Å². The third-order valence-corrected chi connectivity index (χ3v) is 4.03. The van der Waals surface area contributed by atoms with E-state index in [1.54, 1.807) is 0 Å². The molecule has 1 saturated carbocycles. The summed E-state index contributed by atoms with van der Waals surface area (Å²) < 4.78 is 0. The van der Waals surface area contributed by atoms with Crippen LogP contribution >= 0.6 is 12.4 Å². The summed E-state index contributed by atoms with van der Waals surface area (Å²) in [6, 6.07) is 0.378. The number of piperidine rings is 1. The fraction of sp³-hybridized carbons (Fsp3) is 0.929. The fourth-order valence-corrected chi connectivity index (χ4v) is 2.77. The molecule has 106 valence electrons. The van der Waals surface area contributed by atoms with E-state index in [4.69, 9.17) is 0 Å². The molecule has 1 aliphatic carbocycles. The number of halogens is 1. The lowest BCUT2D eigenvalue weighted by Gasteiger charge is -2.22. The van der Waals surface area contributed by atoms with Gasteiger partial charge in [0, 0.05) is 12.5 Å². The number of amides is 1. The van der Waals surface area contributed by atoms with E-state index >= 15 is 0 Å². The van der Waals surface area contributed by atoms with Gasteiger partial charge >= 0.3 is 0 Å². The first-order valence-corrected chi connectivity index (χ1v) is 7.24. The summed E-state index contributed by atoms with van der Waals surface area (Å²) in [7, 11) is 0. The number of nitrogens with one attached hydrogen (secondary N) is 2. The molecular formula is C14H27ClN2O. The third kappa shape index (κ3) is 6.05. The minimum atomic E-state index is 0. The van der Waals surface area contributed by atoms with Crippen LogP contribution in [0.2, 0.25) is 0 Å². The van der Waals surface area contributed by atoms with Crippen LogP contribution in [0.1, 0.15) is 51.9 Å². The lowest BCUT2D eigenvalue weighted by Crippen LogP contribution is -2.34. The van der Waals surface area contributed by atoms with Crippen molar-refractivity contribution in [1.29, 1.82) is 0 Å². The van der Waals surface area contributed by atoms with Crippen molar-refractivity contribution in [1.82, 2.24) is 10.6 Å². The van der Waals surface area contributed by atoms with Crippen LogP contribution in [0.5, 0.6) is 0 Å². The molecule has 0 aromatic rings. The summed E-state index contributed by atoms with van der Waals surface area (Å²) in [5, 5.41) is 6.50. The van der Waals surface area contributed by atoms with Crippen molar-refractivity contribution in [2.24, 2.45) is 11.8 Å². The molecule has 18 heavy (non-hydrogen) atoms. The monoisotopic (exact) mass is 274 g/mol. The Morgan fingerprint density at radius 3 is 2.50 bits per heavy atom. The first-order valence-electron chi connectivity index (χ1n) is 7.24. The molecule has 1 amide bonds. The largest absolute Gasteiger partial charge is 0.354 e. The van der Waals surface area contributed by atoms with Gasteiger partial charge in [-0.15, -0.1) is 12.4 Å². The van der Waals surface area contributed by atoms with Crippen LogP contribution in [0.4, 0.5) is 0 Å². The van der Waals surface area contributed by atoms with Crippen molar-refractivity contribution in [2.75, 3.05) is 13.1 Å². The Hall–Kier alpha value is -0.280. The SMILES string of the molecule is CC(CC1CC1)NC(=O)CCC1CCNCC1.Cl. The molecule has 0 radical (unpaired) electrons. The van der Waals surface area contributed by atoms with Crippen molar-refractivity contribution < 1.29 is 4.79 Å². The van der Waals surface area contributed by atoms with Crippen LogP contribution in [0, 0.1) is 11.8 Å². The van der Waals surface area contributed by atoms with Crippen molar-refractivity contribution >= 4 is 18.3 Å². The molecule has 0 spiro atoms. The second-order valence-electron chi connectivity index (χ2n) is 5.88. The molecular weight excluding hydrogens is 248 g/mol. The molecule has 1 heterocycles. The molecule has 2 N–H and O–H groups in total. The van der Waals surface area contributed by atoms with Crippen molar-refractivity contribution in [3.63, 3.8) is 0 Å². The average Bonchev–Trinajstić information content (AvgIpc) is 3.11. The second-order valence-corrected chi connectivity index (χ2v) is 5.88. The molecule has 2 rings (SSSR count). The van der Waals surface area contributed by atoms with Gasteiger partial charge < -0.3 is 10.6 Å². The molecule has 0 bridgehead atoms. The third-order valence-electron chi connectivity index (χ3n) is 4.03. The van der Waals surface area contributed by atoms with Gasteiger partial charge in [0.05, 0.1) is 0 Å². The van der Waals surface area contributed by atoms with E-state index < -0.39 is 0 Å². The summed E-state index contributed by atoms with van der Waals surface area (Å²) in [4.78, 5) is 11.8. The van der Waals surface area contributed by atoms with E-state index in [9.17, 15) is 4.79 Å². The van der Waals surface area contributed by atoms with Crippen LogP contribution < -0.4 is 10.6 Å². The predicted molar refractivity (Wildman–Crippen MR) is 77.0 cm³/mol. The van der Waals surface area contributed by atoms with E-state index in [1.807, 2.05) is 0 Å². The zero-order chi connectivity index (χ0) is 12.1. The molecule has 1 unspecified atom stereocenters. The van der Waals surface area contributed by atoms with E-state index in [0.717, 1.165) is 37.8 Å². The minimum absolute atomic E-state index is 0. The van der Waals surface area contributed by atoms with Crippen molar-refractivity contribution in [2.45, 2.75) is 57.9 Å². The number of hydrogen-bond donors (Lipinski definition) is 2. The van der Waals surface area contributed by atoms with Gasteiger partial charge in [0.2, 0.25) is 5.91 Å². The van der Waals surface area contributed by atoms with Crippen LogP contribution in [0.25, 0.3) is 0 Å². The topological polar surface area (TPSA) is 41.1 Å². The molecule has 1 aliphatic heterocycles. The summed E-state index contributed by atoms with van der Waals surface area (Å²) in [6.45, 7) is 4.40. The maximum absolute atomic E-state index is 11.8. The maximum atomic E-state index is 11.8. The molecule has 3 nitrogen and oxygen atoms in total. The van der Waals surface area contributed by atoms with Gasteiger partial charge in [-0.2, -0.15) is 0 Å². The van der Waals surface area contributed by atoms with Gasteiger partial charge in [-0.1, -0.05) is 12.8 Å². The first kappa shape index (κ1) is 15.8. The number of carbonyl (C=O) groups excluding carboxylic acids is 1. The van der Waals surface area contributed by atoms with E-state index in [0.29, 0.717) is 6.04 Å². The van der Waals surface area contributed by atoms with Crippen molar-refractivity contribution in [3.05, 3.63) is 0 Å². The second kappa shape index (κ2) is 8.00. The first-order chi connectivity index (χ1) is 8.24. The summed E-state index contributed by atoms with van der Waals surface area (Å²) >= 11 is 0. The van der Waals surface area contributed by atoms with Crippen LogP contribution in [0.15, 0.2) is 0 Å². The molecule has 1 saturated heterocycles. The average molecular weight is 275 g/mol. The molecule has 2 aliphatic rings. The Balaban J connectivity index is 0.00000162. The molecule has 0 aromatic carbocycles. The standard InChI is InChI=1S/C14H26N2O.ClH/c1-11(10-13-2-3-13)16-14(17)5-4-12-6-8-15-9-7-12;/h11-13,15H,2-10H2,1H3,(H,16,17);1H. The zero-order valence-electron chi connectivity index (χ0n) is 11.4. The predicted octanol–water partition coefficient (Wildman–Crippen LogP) is 2.49. The van der Waals surface area contributed by atoms with Gasteiger partial charge in [0.25, 0.3) is 0 Å². The summed E-state index contributed by atoms with van der Waals surface area (Å²) in [5.74, 6) is 1.92. The highest BCUT2D eigenvalue weighted by atomic mass is 35.5. The Morgan fingerprint density at radius 2 is 1.89 bits per heavy atom. The Kier molecular flexibility index (Phi) is 7.02. The highest BCUT2D eigenvalue weighted by molar-refractivity contribution is 5.85. The molecule has 1 atom stereocenters. The Labute approximate surface area is 117 Å². The smallest absolute Gasteiger partial charge is 0.220 e. The van der Waals surface area contributed by atoms with Gasteiger partial charge in [-0.05, 0) is 57.5 Å². The zero-order valence-corrected chi connectivity index (χ0v) is 12.2. The normalized spacial score (nSPS) is 22.1. The summed E-state index contributed by atoms with van der Waals surface area (Å²) in [6.07, 6.45) is 8.20. The maximum Gasteiger partial charge on any atom is 0.220 e. The number of hydrogen-bond acceptors (Lipinski definition) is 2. The fourth-order valence-electron chi connectivity index (χ4n) is 2.77. The van der Waals surface area contributed by atoms with Gasteiger partial charge in [0.1, 0.15) is 0 Å². The van der Waals surface area contributed by atoms with Crippen LogP contribution in [-0.2, 0) is 4.79 Å². The molecule has 2 fully saturated rings. The van der Waals surface area contributed by atoms with Gasteiger partial charge in [-0.3, -0.25) is 4.79 Å². The number of carbonyl (C=O) groups is 1. The lowest BCUT2D eigenvalue weighted by atomic mass is 9.93. The van der Waals surface area contributed by atoms with E-state index in [2.05, 4.69) is 17.6 Å². The van der Waals surface area contributed by atoms with E-state index in [1.165, 1.54) is 32.1 Å². The lowest BCUT2D eigenvalue weighted by molar-refractivity contribution is -0.122. The molecule has 4 heteroatoms. The number of rotatable bonds is 6. The minimum Gasteiger partial charge on any atom is -0.354 e. The Morgan fingerprint density at radius 1 is 1.22 bits per heavy atom. The van der Waals surface area contributed by atoms with Gasteiger partial charge in [-0.25, -0.2) is 0 Å². The summed E-state index contributed by atoms with van der Waals surface area (Å²) in [5.41, 5.74) is 0. The molecule has 0 aromatic heterocycles. The van der Waals surface area contributed by atoms with Crippen LogP contribution in [-0.4, -0.2) is 25.0 Å². The van der Waals surface area contributed by atoms with Crippen LogP contribution in [0.3, 0.4) is 0 Å². The van der Waals surface area contributed by atoms with Crippen molar-refractivity contribution in [3.8, 4) is 0 Å². The Bertz CT molecular complexity index is 250. The highest BCUT2D eigenvalue weighted by Crippen LogP contribution is 2.33. The van der Waals surface area contributed by atoms with E-state index in [-0.39, 0.29) is 18.3 Å².